The van der Waals surface area contributed by atoms with Gasteiger partial charge in [-0.2, -0.15) is 0 Å². The fraction of sp³-hybridized carbons (Fsp3) is 0.500. The lowest BCUT2D eigenvalue weighted by Crippen LogP contribution is -2.39. The van der Waals surface area contributed by atoms with Crippen LogP contribution in [0, 0.1) is 5.92 Å². The Kier molecular flexibility index (Phi) is 3.06. The second-order valence-corrected chi connectivity index (χ2v) is 5.15. The van der Waals surface area contributed by atoms with Crippen molar-refractivity contribution >= 4 is 5.97 Å². The van der Waals surface area contributed by atoms with Crippen LogP contribution in [-0.2, 0) is 4.79 Å². The first-order valence-electron chi connectivity index (χ1n) is 6.53. The molecule has 0 radical (unpaired) electrons. The normalized spacial score (nSPS) is 20.1. The molecule has 0 spiro atoms. The van der Waals surface area contributed by atoms with Gasteiger partial charge in [0.15, 0.2) is 11.5 Å². The van der Waals surface area contributed by atoms with Crippen LogP contribution in [0.4, 0.5) is 0 Å². The van der Waals surface area contributed by atoms with Crippen molar-refractivity contribution in [2.45, 2.75) is 31.8 Å². The minimum Gasteiger partial charge on any atom is -0.480 e. The van der Waals surface area contributed by atoms with Gasteiger partial charge < -0.3 is 14.6 Å². The SMILES string of the molecule is CC(NC(C(=O)O)C1CC1)c1ccc2c(c1)OCO2. The molecule has 3 rings (SSSR count). The van der Waals surface area contributed by atoms with Crippen LogP contribution in [0.25, 0.3) is 0 Å². The molecule has 1 fully saturated rings. The quantitative estimate of drug-likeness (QED) is 0.849. The number of rotatable bonds is 5. The number of carboxylic acids is 1. The average molecular weight is 263 g/mol. The summed E-state index contributed by atoms with van der Waals surface area (Å²) in [5, 5.41) is 12.4. The first-order valence-corrected chi connectivity index (χ1v) is 6.53. The van der Waals surface area contributed by atoms with Gasteiger partial charge in [0.05, 0.1) is 0 Å². The van der Waals surface area contributed by atoms with Crippen LogP contribution in [-0.4, -0.2) is 23.9 Å². The average Bonchev–Trinajstić information content (AvgIpc) is 3.11. The fourth-order valence-electron chi connectivity index (χ4n) is 2.39. The maximum Gasteiger partial charge on any atom is 0.320 e. The number of hydrogen-bond donors (Lipinski definition) is 2. The van der Waals surface area contributed by atoms with Gasteiger partial charge in [0.1, 0.15) is 6.04 Å². The van der Waals surface area contributed by atoms with E-state index in [0.29, 0.717) is 0 Å². The van der Waals surface area contributed by atoms with Crippen molar-refractivity contribution in [2.24, 2.45) is 5.92 Å². The minimum atomic E-state index is -0.768. The molecule has 1 aromatic carbocycles. The summed E-state index contributed by atoms with van der Waals surface area (Å²) in [6, 6.07) is 5.22. The van der Waals surface area contributed by atoms with Crippen molar-refractivity contribution in [1.82, 2.24) is 5.32 Å². The topological polar surface area (TPSA) is 67.8 Å². The molecule has 19 heavy (non-hydrogen) atoms. The molecule has 1 aliphatic heterocycles. The molecule has 102 valence electrons. The molecule has 0 saturated heterocycles. The molecule has 2 aliphatic rings. The fourth-order valence-corrected chi connectivity index (χ4v) is 2.39. The Morgan fingerprint density at radius 2 is 2.11 bits per heavy atom. The highest BCUT2D eigenvalue weighted by Gasteiger charge is 2.37. The zero-order valence-corrected chi connectivity index (χ0v) is 10.8. The van der Waals surface area contributed by atoms with E-state index in [1.807, 2.05) is 25.1 Å². The van der Waals surface area contributed by atoms with E-state index in [2.05, 4.69) is 5.32 Å². The molecule has 0 aromatic heterocycles. The molecular formula is C14H17NO4. The maximum absolute atomic E-state index is 11.2. The van der Waals surface area contributed by atoms with E-state index in [4.69, 9.17) is 9.47 Å². The van der Waals surface area contributed by atoms with Crippen molar-refractivity contribution in [3.8, 4) is 11.5 Å². The maximum atomic E-state index is 11.2. The highest BCUT2D eigenvalue weighted by Crippen LogP contribution is 2.36. The molecule has 2 atom stereocenters. The zero-order valence-electron chi connectivity index (χ0n) is 10.8. The van der Waals surface area contributed by atoms with E-state index in [1.54, 1.807) is 0 Å². The molecule has 1 saturated carbocycles. The number of aliphatic carboxylic acids is 1. The molecule has 1 aliphatic carbocycles. The standard InChI is InChI=1S/C14H17NO4/c1-8(15-13(14(16)17)9-2-3-9)10-4-5-11-12(6-10)19-7-18-11/h4-6,8-9,13,15H,2-3,7H2,1H3,(H,16,17). The molecule has 0 bridgehead atoms. The van der Waals surface area contributed by atoms with Crippen LogP contribution >= 0.6 is 0 Å². The van der Waals surface area contributed by atoms with Crippen molar-refractivity contribution in [3.63, 3.8) is 0 Å². The van der Waals surface area contributed by atoms with Crippen molar-refractivity contribution in [2.75, 3.05) is 6.79 Å². The number of carboxylic acid groups (broad SMARTS) is 1. The molecule has 1 aromatic rings. The van der Waals surface area contributed by atoms with Gasteiger partial charge in [-0.05, 0) is 43.4 Å². The third kappa shape index (κ3) is 2.51. The Morgan fingerprint density at radius 1 is 1.37 bits per heavy atom. The van der Waals surface area contributed by atoms with Crippen LogP contribution in [0.1, 0.15) is 31.4 Å². The van der Waals surface area contributed by atoms with Crippen LogP contribution in [0.2, 0.25) is 0 Å². The van der Waals surface area contributed by atoms with Gasteiger partial charge in [-0.25, -0.2) is 0 Å². The van der Waals surface area contributed by atoms with Crippen molar-refractivity contribution in [3.05, 3.63) is 23.8 Å². The lowest BCUT2D eigenvalue weighted by atomic mass is 10.1. The monoisotopic (exact) mass is 263 g/mol. The Morgan fingerprint density at radius 3 is 2.79 bits per heavy atom. The van der Waals surface area contributed by atoms with Gasteiger partial charge in [-0.15, -0.1) is 0 Å². The van der Waals surface area contributed by atoms with Crippen LogP contribution in [0.15, 0.2) is 18.2 Å². The van der Waals surface area contributed by atoms with Gasteiger partial charge in [-0.1, -0.05) is 6.07 Å². The van der Waals surface area contributed by atoms with Gasteiger partial charge in [0, 0.05) is 6.04 Å². The Balaban J connectivity index is 1.72. The van der Waals surface area contributed by atoms with E-state index in [-0.39, 0.29) is 18.8 Å². The molecule has 0 amide bonds. The summed E-state index contributed by atoms with van der Waals surface area (Å²) in [7, 11) is 0. The number of hydrogen-bond acceptors (Lipinski definition) is 4. The van der Waals surface area contributed by atoms with E-state index in [9.17, 15) is 9.90 Å². The van der Waals surface area contributed by atoms with Crippen LogP contribution in [0.5, 0.6) is 11.5 Å². The molecule has 5 heteroatoms. The predicted octanol–water partition coefficient (Wildman–Crippen LogP) is 1.93. The van der Waals surface area contributed by atoms with Crippen molar-refractivity contribution in [1.29, 1.82) is 0 Å². The van der Waals surface area contributed by atoms with Crippen LogP contribution < -0.4 is 14.8 Å². The zero-order chi connectivity index (χ0) is 13.4. The summed E-state index contributed by atoms with van der Waals surface area (Å²) in [6.45, 7) is 2.22. The highest BCUT2D eigenvalue weighted by molar-refractivity contribution is 5.74. The van der Waals surface area contributed by atoms with Gasteiger partial charge >= 0.3 is 5.97 Å². The van der Waals surface area contributed by atoms with E-state index >= 15 is 0 Å². The van der Waals surface area contributed by atoms with Gasteiger partial charge in [0.25, 0.3) is 0 Å². The van der Waals surface area contributed by atoms with Gasteiger partial charge in [-0.3, -0.25) is 10.1 Å². The second-order valence-electron chi connectivity index (χ2n) is 5.15. The number of carbonyl (C=O) groups is 1. The Hall–Kier alpha value is -1.75. The molecular weight excluding hydrogens is 246 g/mol. The summed E-state index contributed by atoms with van der Waals surface area (Å²) in [6.07, 6.45) is 2.00. The first kappa shape index (κ1) is 12.3. The summed E-state index contributed by atoms with van der Waals surface area (Å²) in [5.74, 6) is 0.974. The lowest BCUT2D eigenvalue weighted by Gasteiger charge is -2.20. The van der Waals surface area contributed by atoms with E-state index < -0.39 is 12.0 Å². The summed E-state index contributed by atoms with van der Waals surface area (Å²) in [5.41, 5.74) is 1.01. The third-order valence-corrected chi connectivity index (χ3v) is 3.69. The lowest BCUT2D eigenvalue weighted by molar-refractivity contribution is -0.140. The molecule has 2 unspecified atom stereocenters. The smallest absolute Gasteiger partial charge is 0.320 e. The minimum absolute atomic E-state index is 0.0313. The summed E-state index contributed by atoms with van der Waals surface area (Å²) in [4.78, 5) is 11.2. The number of nitrogens with one attached hydrogen (secondary N) is 1. The Labute approximate surface area is 111 Å². The molecule has 5 nitrogen and oxygen atoms in total. The predicted molar refractivity (Wildman–Crippen MR) is 68.3 cm³/mol. The number of fused-ring (bicyclic) bond motifs is 1. The van der Waals surface area contributed by atoms with Crippen molar-refractivity contribution < 1.29 is 19.4 Å². The summed E-state index contributed by atoms with van der Waals surface area (Å²) >= 11 is 0. The number of ether oxygens (including phenoxy) is 2. The first-order chi connectivity index (χ1) is 9.15. The molecule has 2 N–H and O–H groups in total. The molecule has 1 heterocycles. The highest BCUT2D eigenvalue weighted by atomic mass is 16.7. The largest absolute Gasteiger partial charge is 0.480 e. The van der Waals surface area contributed by atoms with E-state index in [1.165, 1.54) is 0 Å². The van der Waals surface area contributed by atoms with Crippen LogP contribution in [0.3, 0.4) is 0 Å². The number of benzene rings is 1. The van der Waals surface area contributed by atoms with E-state index in [0.717, 1.165) is 29.9 Å². The third-order valence-electron chi connectivity index (χ3n) is 3.69. The second kappa shape index (κ2) is 4.74. The summed E-state index contributed by atoms with van der Waals surface area (Å²) < 4.78 is 10.6. The van der Waals surface area contributed by atoms with Gasteiger partial charge in [0.2, 0.25) is 6.79 Å². The Bertz CT molecular complexity index is 498.